The first-order chi connectivity index (χ1) is 15.5. The van der Waals surface area contributed by atoms with Gasteiger partial charge in [-0.3, -0.25) is 9.69 Å². The molecule has 0 aliphatic carbocycles. The number of nitrogens with one attached hydrogen (secondary N) is 1. The van der Waals surface area contributed by atoms with Crippen molar-refractivity contribution in [3.05, 3.63) is 59.5 Å². The van der Waals surface area contributed by atoms with Crippen molar-refractivity contribution in [3.8, 4) is 11.5 Å². The van der Waals surface area contributed by atoms with Crippen LogP contribution in [0.2, 0.25) is 0 Å². The third-order valence-electron chi connectivity index (χ3n) is 6.37. The Balaban J connectivity index is 1.32. The topological polar surface area (TPSA) is 57.8 Å². The van der Waals surface area contributed by atoms with Crippen LogP contribution in [0.3, 0.4) is 0 Å². The van der Waals surface area contributed by atoms with E-state index in [1.165, 1.54) is 24.1 Å². The molecule has 6 nitrogen and oxygen atoms in total. The highest BCUT2D eigenvalue weighted by atomic mass is 19.1. The number of likely N-dealkylation sites (N-methyl/N-ethyl adjacent to an activating group) is 1. The Bertz CT molecular complexity index is 1090. The normalized spacial score (nSPS) is 15.1. The van der Waals surface area contributed by atoms with Crippen molar-refractivity contribution in [2.45, 2.75) is 25.3 Å². The smallest absolute Gasteiger partial charge is 0.236 e. The third kappa shape index (κ3) is 4.72. The van der Waals surface area contributed by atoms with Crippen LogP contribution in [0.5, 0.6) is 11.5 Å². The van der Waals surface area contributed by atoms with Crippen LogP contribution < -0.4 is 9.47 Å². The van der Waals surface area contributed by atoms with E-state index in [2.05, 4.69) is 28.2 Å². The van der Waals surface area contributed by atoms with Gasteiger partial charge in [-0.15, -0.1) is 0 Å². The van der Waals surface area contributed by atoms with Gasteiger partial charge in [0, 0.05) is 30.7 Å². The fourth-order valence-corrected chi connectivity index (χ4v) is 4.47. The number of likely N-dealkylation sites (tertiary alicyclic amines) is 1. The van der Waals surface area contributed by atoms with Gasteiger partial charge in [0.15, 0.2) is 11.6 Å². The van der Waals surface area contributed by atoms with Gasteiger partial charge in [-0.1, -0.05) is 6.07 Å². The van der Waals surface area contributed by atoms with Crippen LogP contribution in [0.25, 0.3) is 10.9 Å². The molecule has 1 fully saturated rings. The number of H-pyrrole nitrogens is 1. The second kappa shape index (κ2) is 9.61. The molecule has 0 spiro atoms. The van der Waals surface area contributed by atoms with E-state index < -0.39 is 5.82 Å². The molecule has 1 aliphatic rings. The fourth-order valence-electron chi connectivity index (χ4n) is 4.47. The highest BCUT2D eigenvalue weighted by molar-refractivity contribution is 5.85. The van der Waals surface area contributed by atoms with Crippen molar-refractivity contribution in [2.24, 2.45) is 0 Å². The Kier molecular flexibility index (Phi) is 6.65. The number of carbonyl (C=O) groups excluding carboxylic acids is 1. The number of hydrogen-bond acceptors (Lipinski definition) is 4. The van der Waals surface area contributed by atoms with E-state index >= 15 is 0 Å². The second-order valence-corrected chi connectivity index (χ2v) is 8.42. The molecule has 1 N–H and O–H groups in total. The molecule has 0 atom stereocenters. The number of fused-ring (bicyclic) bond motifs is 1. The van der Waals surface area contributed by atoms with Crippen molar-refractivity contribution in [2.75, 3.05) is 40.9 Å². The number of amides is 1. The minimum absolute atomic E-state index is 0.0384. The largest absolute Gasteiger partial charge is 0.497 e. The van der Waals surface area contributed by atoms with E-state index in [0.717, 1.165) is 42.8 Å². The number of ether oxygens (including phenoxy) is 2. The van der Waals surface area contributed by atoms with Gasteiger partial charge in [0.2, 0.25) is 5.91 Å². The van der Waals surface area contributed by atoms with Crippen molar-refractivity contribution in [1.82, 2.24) is 14.8 Å². The molecule has 1 amide bonds. The number of carbonyl (C=O) groups is 1. The number of piperidine rings is 1. The van der Waals surface area contributed by atoms with Gasteiger partial charge in [-0.2, -0.15) is 0 Å². The van der Waals surface area contributed by atoms with Gasteiger partial charge in [-0.05, 0) is 73.3 Å². The summed E-state index contributed by atoms with van der Waals surface area (Å²) < 4.78 is 24.3. The third-order valence-corrected chi connectivity index (χ3v) is 6.37. The molecular weight excluding hydrogens is 409 g/mol. The van der Waals surface area contributed by atoms with Crippen LogP contribution in [0.15, 0.2) is 42.6 Å². The molecule has 2 aromatic carbocycles. The van der Waals surface area contributed by atoms with Crippen LogP contribution in [0.4, 0.5) is 4.39 Å². The molecule has 1 saturated heterocycles. The number of nitrogens with zero attached hydrogens (tertiary/aromatic N) is 2. The summed E-state index contributed by atoms with van der Waals surface area (Å²) in [6.45, 7) is 2.49. The monoisotopic (exact) mass is 439 g/mol. The number of benzene rings is 2. The summed E-state index contributed by atoms with van der Waals surface area (Å²) in [5.74, 6) is 1.15. The summed E-state index contributed by atoms with van der Waals surface area (Å²) in [6, 6.07) is 10.9. The number of halogens is 1. The molecule has 0 saturated carbocycles. The maximum Gasteiger partial charge on any atom is 0.236 e. The second-order valence-electron chi connectivity index (χ2n) is 8.42. The van der Waals surface area contributed by atoms with Gasteiger partial charge in [0.1, 0.15) is 5.75 Å². The molecule has 170 valence electrons. The lowest BCUT2D eigenvalue weighted by Crippen LogP contribution is -2.41. The van der Waals surface area contributed by atoms with Crippen LogP contribution in [0.1, 0.15) is 29.9 Å². The Hall–Kier alpha value is -3.06. The Morgan fingerprint density at radius 1 is 1.16 bits per heavy atom. The summed E-state index contributed by atoms with van der Waals surface area (Å²) in [6.07, 6.45) is 4.12. The maximum absolute atomic E-state index is 13.9. The molecule has 4 rings (SSSR count). The highest BCUT2D eigenvalue weighted by Gasteiger charge is 2.25. The van der Waals surface area contributed by atoms with Gasteiger partial charge < -0.3 is 19.4 Å². The minimum atomic E-state index is -0.414. The van der Waals surface area contributed by atoms with E-state index in [-0.39, 0.29) is 11.7 Å². The van der Waals surface area contributed by atoms with Gasteiger partial charge >= 0.3 is 0 Å². The summed E-state index contributed by atoms with van der Waals surface area (Å²) in [5, 5.41) is 1.21. The fraction of sp³-hybridized carbons (Fsp3) is 0.400. The van der Waals surface area contributed by atoms with E-state index in [1.807, 2.05) is 6.07 Å². The molecule has 0 unspecified atom stereocenters. The van der Waals surface area contributed by atoms with Crippen molar-refractivity contribution in [1.29, 1.82) is 0 Å². The van der Waals surface area contributed by atoms with Crippen LogP contribution in [-0.4, -0.2) is 61.6 Å². The quantitative estimate of drug-likeness (QED) is 0.601. The van der Waals surface area contributed by atoms with Gasteiger partial charge in [0.25, 0.3) is 0 Å². The molecule has 3 aromatic rings. The number of methoxy groups -OCH3 is 2. The molecule has 7 heteroatoms. The first-order valence-electron chi connectivity index (χ1n) is 10.9. The molecule has 32 heavy (non-hydrogen) atoms. The first kappa shape index (κ1) is 22.1. The highest BCUT2D eigenvalue weighted by Crippen LogP contribution is 2.34. The van der Waals surface area contributed by atoms with E-state index in [0.29, 0.717) is 19.0 Å². The zero-order chi connectivity index (χ0) is 22.7. The minimum Gasteiger partial charge on any atom is -0.497 e. The van der Waals surface area contributed by atoms with E-state index in [1.54, 1.807) is 31.2 Å². The van der Waals surface area contributed by atoms with Crippen molar-refractivity contribution >= 4 is 16.8 Å². The van der Waals surface area contributed by atoms with Crippen LogP contribution in [-0.2, 0) is 11.3 Å². The summed E-state index contributed by atoms with van der Waals surface area (Å²) >= 11 is 0. The number of hydrogen-bond donors (Lipinski definition) is 1. The number of rotatable bonds is 7. The molecule has 2 heterocycles. The number of aromatic amines is 1. The standard InChI is InChI=1S/C25H30FN3O3/c1-28(15-17-4-7-24(32-3)22(26)12-17)25(30)16-29-10-8-18(9-11-29)21-14-27-23-6-5-19(31-2)13-20(21)23/h4-7,12-14,18,27H,8-11,15-16H2,1-3H3. The molecule has 0 bridgehead atoms. The van der Waals surface area contributed by atoms with E-state index in [4.69, 9.17) is 9.47 Å². The van der Waals surface area contributed by atoms with Crippen LogP contribution >= 0.6 is 0 Å². The van der Waals surface area contributed by atoms with Crippen molar-refractivity contribution < 1.29 is 18.7 Å². The molecule has 1 aliphatic heterocycles. The Morgan fingerprint density at radius 2 is 1.94 bits per heavy atom. The average molecular weight is 440 g/mol. The lowest BCUT2D eigenvalue weighted by Gasteiger charge is -2.32. The lowest BCUT2D eigenvalue weighted by molar-refractivity contribution is -0.131. The SMILES string of the molecule is COc1ccc2[nH]cc(C3CCN(CC(=O)N(C)Cc4ccc(OC)c(F)c4)CC3)c2c1. The Labute approximate surface area is 187 Å². The van der Waals surface area contributed by atoms with Gasteiger partial charge in [-0.25, -0.2) is 4.39 Å². The first-order valence-corrected chi connectivity index (χ1v) is 10.9. The van der Waals surface area contributed by atoms with Gasteiger partial charge in [0.05, 0.1) is 20.8 Å². The maximum atomic E-state index is 13.9. The zero-order valence-corrected chi connectivity index (χ0v) is 18.9. The van der Waals surface area contributed by atoms with E-state index in [9.17, 15) is 9.18 Å². The zero-order valence-electron chi connectivity index (χ0n) is 18.9. The summed E-state index contributed by atoms with van der Waals surface area (Å²) in [4.78, 5) is 20.0. The average Bonchev–Trinajstić information content (AvgIpc) is 3.22. The Morgan fingerprint density at radius 3 is 2.62 bits per heavy atom. The summed E-state index contributed by atoms with van der Waals surface area (Å²) in [7, 11) is 4.88. The predicted octanol–water partition coefficient (Wildman–Crippen LogP) is 4.16. The number of aromatic nitrogens is 1. The lowest BCUT2D eigenvalue weighted by atomic mass is 9.89. The molecular formula is C25H30FN3O3. The summed E-state index contributed by atoms with van der Waals surface area (Å²) in [5.41, 5.74) is 3.19. The predicted molar refractivity (Wildman–Crippen MR) is 123 cm³/mol. The van der Waals surface area contributed by atoms with Crippen LogP contribution in [0, 0.1) is 5.82 Å². The van der Waals surface area contributed by atoms with Crippen molar-refractivity contribution in [3.63, 3.8) is 0 Å². The molecule has 0 radical (unpaired) electrons. The molecule has 1 aromatic heterocycles.